The Hall–Kier alpha value is -2.24. The number of benzene rings is 2. The summed E-state index contributed by atoms with van der Waals surface area (Å²) in [5, 5.41) is 0. The van der Waals surface area contributed by atoms with E-state index in [0.29, 0.717) is 0 Å². The van der Waals surface area contributed by atoms with Crippen LogP contribution in [0.4, 0.5) is 11.4 Å². The van der Waals surface area contributed by atoms with E-state index in [1.807, 2.05) is 0 Å². The van der Waals surface area contributed by atoms with Crippen molar-refractivity contribution in [2.75, 3.05) is 25.0 Å². The third-order valence-corrected chi connectivity index (χ3v) is 5.74. The highest BCUT2D eigenvalue weighted by atomic mass is 31.2. The molecule has 1 heterocycles. The van der Waals surface area contributed by atoms with Crippen LogP contribution in [0.1, 0.15) is 44.4 Å². The number of phosphoric acid groups is 1. The maximum Gasteiger partial charge on any atom is 0.262 e. The van der Waals surface area contributed by atoms with E-state index in [-0.39, 0.29) is 5.41 Å². The van der Waals surface area contributed by atoms with Crippen LogP contribution in [-0.2, 0) is 9.98 Å². The zero-order chi connectivity index (χ0) is 23.4. The van der Waals surface area contributed by atoms with Gasteiger partial charge in [0.1, 0.15) is 7.05 Å². The summed E-state index contributed by atoms with van der Waals surface area (Å²) in [6.07, 6.45) is 4.56. The van der Waals surface area contributed by atoms with Gasteiger partial charge in [0, 0.05) is 36.5 Å². The number of rotatable bonds is 5. The molecule has 0 aliphatic carbocycles. The smallest absolute Gasteiger partial charge is 0.262 e. The van der Waals surface area contributed by atoms with Crippen molar-refractivity contribution >= 4 is 31.0 Å². The molecule has 0 spiro atoms. The number of hydrogen-bond acceptors (Lipinski definition) is 3. The van der Waals surface area contributed by atoms with Gasteiger partial charge in [-0.1, -0.05) is 24.3 Å². The van der Waals surface area contributed by atoms with Crippen molar-refractivity contribution in [3.8, 4) is 0 Å². The molecule has 31 heavy (non-hydrogen) atoms. The Kier molecular flexibility index (Phi) is 8.01. The lowest BCUT2D eigenvalue weighted by atomic mass is 9.81. The Morgan fingerprint density at radius 2 is 1.68 bits per heavy atom. The Labute approximate surface area is 185 Å². The molecule has 6 nitrogen and oxygen atoms in total. The van der Waals surface area contributed by atoms with Crippen molar-refractivity contribution in [2.45, 2.75) is 40.0 Å². The van der Waals surface area contributed by atoms with Crippen LogP contribution in [0, 0.1) is 6.92 Å². The Balaban J connectivity index is 0.000000614. The van der Waals surface area contributed by atoms with Crippen LogP contribution in [0.3, 0.4) is 0 Å². The fourth-order valence-electron chi connectivity index (χ4n) is 4.10. The van der Waals surface area contributed by atoms with Crippen molar-refractivity contribution < 1.29 is 23.8 Å². The van der Waals surface area contributed by atoms with E-state index >= 15 is 0 Å². The minimum absolute atomic E-state index is 0.0247. The van der Waals surface area contributed by atoms with Crippen molar-refractivity contribution in [3.63, 3.8) is 0 Å². The van der Waals surface area contributed by atoms with Gasteiger partial charge < -0.3 is 19.6 Å². The monoisotopic (exact) mass is 444 g/mol. The van der Waals surface area contributed by atoms with E-state index < -0.39 is 7.82 Å². The Morgan fingerprint density at radius 3 is 2.19 bits per heavy atom. The normalized spacial score (nSPS) is 15.0. The number of hydrogen-bond donors (Lipinski definition) is 2. The van der Waals surface area contributed by atoms with Crippen LogP contribution in [0.2, 0.25) is 0 Å². The topological polar surface area (TPSA) is 86.8 Å². The molecule has 0 saturated heterocycles. The van der Waals surface area contributed by atoms with Gasteiger partial charge in [-0.3, -0.25) is 4.57 Å². The van der Waals surface area contributed by atoms with E-state index in [9.17, 15) is 0 Å². The summed E-state index contributed by atoms with van der Waals surface area (Å²) in [5.74, 6) is 0. The molecule has 2 aromatic carbocycles. The van der Waals surface area contributed by atoms with Crippen LogP contribution in [0.5, 0.6) is 0 Å². The maximum absolute atomic E-state index is 8.77. The van der Waals surface area contributed by atoms with Crippen molar-refractivity contribution in [1.29, 1.82) is 0 Å². The van der Waals surface area contributed by atoms with E-state index in [1.165, 1.54) is 33.8 Å². The zero-order valence-electron chi connectivity index (χ0n) is 19.2. The highest BCUT2D eigenvalue weighted by Gasteiger charge is 2.42. The van der Waals surface area contributed by atoms with Crippen LogP contribution in [-0.4, -0.2) is 40.2 Å². The average Bonchev–Trinajstić information content (AvgIpc) is 2.87. The molecule has 0 amide bonds. The van der Waals surface area contributed by atoms with Gasteiger partial charge in [0.05, 0.1) is 5.41 Å². The summed E-state index contributed by atoms with van der Waals surface area (Å²) in [7, 11) is -2.72. The molecule has 0 unspecified atom stereocenters. The first-order valence-electron chi connectivity index (χ1n) is 10.4. The summed E-state index contributed by atoms with van der Waals surface area (Å²) in [6.45, 7) is 13.3. The van der Waals surface area contributed by atoms with Gasteiger partial charge in [0.15, 0.2) is 5.71 Å². The average molecular weight is 445 g/mol. The van der Waals surface area contributed by atoms with Crippen molar-refractivity contribution in [1.82, 2.24) is 0 Å². The molecule has 0 aromatic heterocycles. The van der Waals surface area contributed by atoms with Gasteiger partial charge >= 0.3 is 0 Å². The Morgan fingerprint density at radius 1 is 1.10 bits per heavy atom. The van der Waals surface area contributed by atoms with Gasteiger partial charge in [0.25, 0.3) is 7.82 Å². The van der Waals surface area contributed by atoms with Gasteiger partial charge in [-0.05, 0) is 64.0 Å². The van der Waals surface area contributed by atoms with Gasteiger partial charge in [-0.25, -0.2) is 0 Å². The minimum atomic E-state index is -4.89. The van der Waals surface area contributed by atoms with E-state index in [1.54, 1.807) is 0 Å². The fraction of sp³-hybridized carbons (Fsp3) is 0.375. The van der Waals surface area contributed by atoms with Crippen molar-refractivity contribution in [3.05, 3.63) is 65.2 Å². The summed E-state index contributed by atoms with van der Waals surface area (Å²) in [5.41, 5.74) is 7.99. The molecule has 0 bridgehead atoms. The second-order valence-corrected chi connectivity index (χ2v) is 9.10. The molecule has 2 N–H and O–H groups in total. The molecule has 0 radical (unpaired) electrons. The quantitative estimate of drug-likeness (QED) is 0.538. The molecule has 0 atom stereocenters. The number of allylic oxidation sites excluding steroid dienone is 1. The third kappa shape index (κ3) is 6.14. The largest absolute Gasteiger partial charge is 0.756 e. The highest BCUT2D eigenvalue weighted by molar-refractivity contribution is 7.43. The molecule has 168 valence electrons. The zero-order valence-corrected chi connectivity index (χ0v) is 20.1. The molecule has 3 rings (SSSR count). The first-order valence-corrected chi connectivity index (χ1v) is 11.9. The predicted molar refractivity (Wildman–Crippen MR) is 126 cm³/mol. The van der Waals surface area contributed by atoms with E-state index in [4.69, 9.17) is 19.2 Å². The lowest BCUT2D eigenvalue weighted by molar-refractivity contribution is -0.401. The van der Waals surface area contributed by atoms with Crippen LogP contribution >= 0.6 is 7.82 Å². The van der Waals surface area contributed by atoms with Gasteiger partial charge in [-0.15, -0.1) is 0 Å². The van der Waals surface area contributed by atoms with Gasteiger partial charge in [-0.2, -0.15) is 4.58 Å². The number of anilines is 1. The molecule has 1 aliphatic rings. The standard InChI is InChI=1S/C24H31N2.H3O4P/c1-7-26(8-2)20-15-13-19(18(3)17-20)14-16-23-24(4,5)21-11-9-10-12-22(21)25(23)6;1-5(2,3)4/h9-17H,7-8H2,1-6H3;(H3,1,2,3,4)/q+1;/p-1. The molecule has 1 aliphatic heterocycles. The Bertz CT molecular complexity index is 1030. The SMILES string of the molecule is CCN(CC)c1ccc(C=CC2=[N+](C)c3ccccc3C2(C)C)c(C)c1.O=P([O-])(O)O. The molecule has 0 fully saturated rings. The van der Waals surface area contributed by atoms with Crippen LogP contribution < -0.4 is 9.79 Å². The number of nitrogens with zero attached hydrogens (tertiary/aromatic N) is 2. The highest BCUT2D eigenvalue weighted by Crippen LogP contribution is 2.39. The fourth-order valence-corrected chi connectivity index (χ4v) is 4.10. The van der Waals surface area contributed by atoms with Gasteiger partial charge in [0.2, 0.25) is 5.69 Å². The van der Waals surface area contributed by atoms with Crippen LogP contribution in [0.25, 0.3) is 6.08 Å². The van der Waals surface area contributed by atoms with E-state index in [2.05, 4.69) is 106 Å². The number of aryl methyl sites for hydroxylation is 1. The third-order valence-electron chi connectivity index (χ3n) is 5.74. The van der Waals surface area contributed by atoms with Crippen molar-refractivity contribution in [2.24, 2.45) is 0 Å². The lowest BCUT2D eigenvalue weighted by Crippen LogP contribution is -2.26. The summed E-state index contributed by atoms with van der Waals surface area (Å²) < 4.78 is 11.1. The second kappa shape index (κ2) is 9.92. The number of para-hydroxylation sites is 1. The maximum atomic E-state index is 8.77. The first kappa shape index (κ1) is 25.0. The molecular weight excluding hydrogens is 411 g/mol. The lowest BCUT2D eigenvalue weighted by Gasteiger charge is -2.22. The van der Waals surface area contributed by atoms with E-state index in [0.717, 1.165) is 13.1 Å². The molecule has 0 saturated carbocycles. The summed E-state index contributed by atoms with van der Waals surface area (Å²) >= 11 is 0. The molecule has 2 aromatic rings. The second-order valence-electron chi connectivity index (χ2n) is 8.12. The molecular formula is C24H33N2O4P. The first-order chi connectivity index (χ1) is 14.4. The summed E-state index contributed by atoms with van der Waals surface area (Å²) in [4.78, 5) is 25.3. The molecule has 7 heteroatoms. The van der Waals surface area contributed by atoms with Crippen LogP contribution in [0.15, 0.2) is 48.5 Å². The predicted octanol–water partition coefficient (Wildman–Crippen LogP) is 4.00. The number of fused-ring (bicyclic) bond motifs is 1. The minimum Gasteiger partial charge on any atom is -0.756 e. The summed E-state index contributed by atoms with van der Waals surface area (Å²) in [6, 6.07) is 15.5.